The summed E-state index contributed by atoms with van der Waals surface area (Å²) in [6, 6.07) is 10.7. The van der Waals surface area contributed by atoms with Crippen LogP contribution in [0.2, 0.25) is 0 Å². The smallest absolute Gasteiger partial charge is 0.274 e. The minimum atomic E-state index is -3.63. The van der Waals surface area contributed by atoms with Crippen molar-refractivity contribution in [3.63, 3.8) is 0 Å². The summed E-state index contributed by atoms with van der Waals surface area (Å²) in [5.74, 6) is 1.22. The van der Waals surface area contributed by atoms with Crippen molar-refractivity contribution >= 4 is 27.9 Å². The lowest BCUT2D eigenvalue weighted by atomic mass is 9.94. The number of aromatic nitrogens is 2. The molecule has 0 atom stereocenters. The highest BCUT2D eigenvalue weighted by atomic mass is 32.2. The van der Waals surface area contributed by atoms with E-state index in [1.54, 1.807) is 30.5 Å². The maximum absolute atomic E-state index is 12.3. The van der Waals surface area contributed by atoms with Crippen LogP contribution in [0.25, 0.3) is 0 Å². The van der Waals surface area contributed by atoms with Crippen molar-refractivity contribution in [1.29, 1.82) is 0 Å². The van der Waals surface area contributed by atoms with E-state index in [1.165, 1.54) is 0 Å². The van der Waals surface area contributed by atoms with E-state index in [1.807, 2.05) is 12.1 Å². The summed E-state index contributed by atoms with van der Waals surface area (Å²) in [4.78, 5) is 23.0. The van der Waals surface area contributed by atoms with Crippen molar-refractivity contribution < 1.29 is 13.2 Å². The van der Waals surface area contributed by atoms with Crippen molar-refractivity contribution in [1.82, 2.24) is 14.7 Å². The minimum Gasteiger partial charge on any atom is -0.356 e. The van der Waals surface area contributed by atoms with Gasteiger partial charge in [-0.3, -0.25) is 10.1 Å². The second-order valence-electron chi connectivity index (χ2n) is 6.72. The molecule has 0 unspecified atom stereocenters. The van der Waals surface area contributed by atoms with Crippen LogP contribution >= 0.6 is 0 Å². The zero-order valence-electron chi connectivity index (χ0n) is 15.4. The SMILES string of the molecule is NS(=O)(=O)NCCC1CCN(c2ccnc(NC(=O)c3ccccc3)n2)CC1. The lowest BCUT2D eigenvalue weighted by Gasteiger charge is -2.32. The molecule has 1 amide bonds. The molecule has 1 aliphatic heterocycles. The molecule has 0 spiro atoms. The molecule has 150 valence electrons. The van der Waals surface area contributed by atoms with Crippen LogP contribution in [-0.4, -0.2) is 43.9 Å². The molecule has 1 aromatic heterocycles. The number of nitrogens with two attached hydrogens (primary N) is 1. The van der Waals surface area contributed by atoms with Gasteiger partial charge in [0.15, 0.2) is 0 Å². The van der Waals surface area contributed by atoms with Gasteiger partial charge in [0.05, 0.1) is 0 Å². The van der Waals surface area contributed by atoms with Gasteiger partial charge in [-0.1, -0.05) is 18.2 Å². The van der Waals surface area contributed by atoms with Crippen molar-refractivity contribution in [3.8, 4) is 0 Å². The molecule has 0 bridgehead atoms. The first kappa shape index (κ1) is 20.2. The highest BCUT2D eigenvalue weighted by Gasteiger charge is 2.21. The highest BCUT2D eigenvalue weighted by Crippen LogP contribution is 2.24. The molecule has 10 heteroatoms. The van der Waals surface area contributed by atoms with E-state index >= 15 is 0 Å². The third kappa shape index (κ3) is 5.98. The van der Waals surface area contributed by atoms with Gasteiger partial charge in [0.25, 0.3) is 16.1 Å². The van der Waals surface area contributed by atoms with Crippen molar-refractivity contribution in [3.05, 3.63) is 48.2 Å². The van der Waals surface area contributed by atoms with Gasteiger partial charge >= 0.3 is 0 Å². The fourth-order valence-electron chi connectivity index (χ4n) is 3.20. The Kier molecular flexibility index (Phi) is 6.55. The Morgan fingerprint density at radius 3 is 2.57 bits per heavy atom. The van der Waals surface area contributed by atoms with Gasteiger partial charge in [-0.05, 0) is 43.4 Å². The molecular weight excluding hydrogens is 380 g/mol. The Morgan fingerprint density at radius 2 is 1.89 bits per heavy atom. The molecule has 0 saturated carbocycles. The molecule has 2 heterocycles. The van der Waals surface area contributed by atoms with E-state index < -0.39 is 10.2 Å². The molecule has 0 radical (unpaired) electrons. The van der Waals surface area contributed by atoms with E-state index in [-0.39, 0.29) is 11.9 Å². The average molecular weight is 404 g/mol. The van der Waals surface area contributed by atoms with Gasteiger partial charge in [-0.15, -0.1) is 0 Å². The number of nitrogens with zero attached hydrogens (tertiary/aromatic N) is 3. The Hall–Kier alpha value is -2.56. The predicted octanol–water partition coefficient (Wildman–Crippen LogP) is 1.13. The van der Waals surface area contributed by atoms with Gasteiger partial charge in [-0.2, -0.15) is 13.4 Å². The Labute approximate surface area is 164 Å². The monoisotopic (exact) mass is 404 g/mol. The summed E-state index contributed by atoms with van der Waals surface area (Å²) >= 11 is 0. The van der Waals surface area contributed by atoms with Crippen LogP contribution in [0.5, 0.6) is 0 Å². The van der Waals surface area contributed by atoms with Gasteiger partial charge in [0, 0.05) is 31.4 Å². The quantitative estimate of drug-likeness (QED) is 0.634. The number of rotatable bonds is 7. The first-order valence-corrected chi connectivity index (χ1v) is 10.7. The number of benzene rings is 1. The molecule has 28 heavy (non-hydrogen) atoms. The van der Waals surface area contributed by atoms with E-state index in [2.05, 4.69) is 24.9 Å². The fraction of sp³-hybridized carbons (Fsp3) is 0.389. The van der Waals surface area contributed by atoms with Crippen LogP contribution in [0, 0.1) is 5.92 Å². The molecule has 1 aliphatic rings. The zero-order valence-corrected chi connectivity index (χ0v) is 16.2. The molecule has 2 aromatic rings. The van der Waals surface area contributed by atoms with Crippen LogP contribution in [0.1, 0.15) is 29.6 Å². The van der Waals surface area contributed by atoms with Crippen LogP contribution in [0.3, 0.4) is 0 Å². The number of piperidine rings is 1. The van der Waals surface area contributed by atoms with Crippen LogP contribution in [0.4, 0.5) is 11.8 Å². The number of hydrogen-bond donors (Lipinski definition) is 3. The number of anilines is 2. The minimum absolute atomic E-state index is 0.251. The summed E-state index contributed by atoms with van der Waals surface area (Å²) < 4.78 is 24.2. The molecule has 1 saturated heterocycles. The third-order valence-corrected chi connectivity index (χ3v) is 5.30. The normalized spacial score (nSPS) is 15.4. The molecule has 3 rings (SSSR count). The standard InChI is InChI=1S/C18H24N6O3S/c19-28(26,27)21-11-6-14-8-12-24(13-9-14)16-7-10-20-18(22-16)23-17(25)15-4-2-1-3-5-15/h1-5,7,10,14,21H,6,8-9,11-13H2,(H2,19,26,27)(H,20,22,23,25). The van der Waals surface area contributed by atoms with Crippen LogP contribution in [-0.2, 0) is 10.2 Å². The van der Waals surface area contributed by atoms with Crippen LogP contribution in [0.15, 0.2) is 42.6 Å². The summed E-state index contributed by atoms with van der Waals surface area (Å²) in [5, 5.41) is 7.67. The molecule has 0 aliphatic carbocycles. The molecular formula is C18H24N6O3S. The zero-order chi connectivity index (χ0) is 20.0. The maximum atomic E-state index is 12.3. The largest absolute Gasteiger partial charge is 0.356 e. The second kappa shape index (κ2) is 9.09. The van der Waals surface area contributed by atoms with Crippen molar-refractivity contribution in [2.75, 3.05) is 29.9 Å². The van der Waals surface area contributed by atoms with Crippen LogP contribution < -0.4 is 20.1 Å². The topological polar surface area (TPSA) is 130 Å². The number of amides is 1. The van der Waals surface area contributed by atoms with Gasteiger partial charge in [0.1, 0.15) is 5.82 Å². The lowest BCUT2D eigenvalue weighted by molar-refractivity contribution is 0.102. The number of nitrogens with one attached hydrogen (secondary N) is 2. The Bertz CT molecular complexity index is 899. The fourth-order valence-corrected chi connectivity index (χ4v) is 3.61. The third-order valence-electron chi connectivity index (χ3n) is 4.70. The molecule has 1 aromatic carbocycles. The highest BCUT2D eigenvalue weighted by molar-refractivity contribution is 7.87. The van der Waals surface area contributed by atoms with Crippen molar-refractivity contribution in [2.24, 2.45) is 11.1 Å². The van der Waals surface area contributed by atoms with E-state index in [0.717, 1.165) is 38.2 Å². The maximum Gasteiger partial charge on any atom is 0.274 e. The summed E-state index contributed by atoms with van der Waals surface area (Å²) in [5.41, 5.74) is 0.547. The predicted molar refractivity (Wildman–Crippen MR) is 107 cm³/mol. The first-order valence-electron chi connectivity index (χ1n) is 9.12. The molecule has 4 N–H and O–H groups in total. The van der Waals surface area contributed by atoms with Crippen molar-refractivity contribution in [2.45, 2.75) is 19.3 Å². The average Bonchev–Trinajstić information content (AvgIpc) is 2.68. The van der Waals surface area contributed by atoms with E-state index in [9.17, 15) is 13.2 Å². The van der Waals surface area contributed by atoms with Gasteiger partial charge in [0.2, 0.25) is 5.95 Å². The first-order chi connectivity index (χ1) is 13.4. The Balaban J connectivity index is 1.53. The number of carbonyl (C=O) groups excluding carboxylic acids is 1. The second-order valence-corrected chi connectivity index (χ2v) is 8.10. The van der Waals surface area contributed by atoms with Gasteiger partial charge in [-0.25, -0.2) is 14.8 Å². The lowest BCUT2D eigenvalue weighted by Crippen LogP contribution is -2.37. The Morgan fingerprint density at radius 1 is 1.18 bits per heavy atom. The number of hydrogen-bond acceptors (Lipinski definition) is 6. The summed E-state index contributed by atoms with van der Waals surface area (Å²) in [6.45, 7) is 1.97. The number of carbonyl (C=O) groups is 1. The van der Waals surface area contributed by atoms with E-state index in [0.29, 0.717) is 18.0 Å². The van der Waals surface area contributed by atoms with Gasteiger partial charge < -0.3 is 4.90 Å². The molecule has 9 nitrogen and oxygen atoms in total. The molecule has 1 fully saturated rings. The summed E-state index contributed by atoms with van der Waals surface area (Å²) in [6.07, 6.45) is 4.25. The summed E-state index contributed by atoms with van der Waals surface area (Å²) in [7, 11) is -3.63. The van der Waals surface area contributed by atoms with E-state index in [4.69, 9.17) is 5.14 Å².